The first-order valence-corrected chi connectivity index (χ1v) is 6.83. The summed E-state index contributed by atoms with van der Waals surface area (Å²) in [6.45, 7) is 5.05. The van der Waals surface area contributed by atoms with Crippen LogP contribution in [0.3, 0.4) is 0 Å². The van der Waals surface area contributed by atoms with Crippen LogP contribution in [-0.2, 0) is 0 Å². The number of halogens is 1. The maximum Gasteiger partial charge on any atom is 0.251 e. The molecule has 0 spiro atoms. The van der Waals surface area contributed by atoms with Crippen LogP contribution in [0.4, 0.5) is 5.82 Å². The van der Waals surface area contributed by atoms with Crippen LogP contribution in [0.15, 0.2) is 12.1 Å². The Bertz CT molecular complexity index is 423. The Morgan fingerprint density at radius 1 is 1.42 bits per heavy atom. The minimum atomic E-state index is -0.162. The van der Waals surface area contributed by atoms with Crippen molar-refractivity contribution in [3.05, 3.63) is 22.8 Å². The van der Waals surface area contributed by atoms with Crippen molar-refractivity contribution in [2.75, 3.05) is 12.0 Å². The number of pyridine rings is 1. The maximum atomic E-state index is 11.9. The SMILES string of the molecule is CC(C)CCCCNC(=O)c1cc(Cl)nc(NN)c1. The molecule has 0 aromatic carbocycles. The monoisotopic (exact) mass is 284 g/mol. The number of rotatable bonds is 7. The first kappa shape index (κ1) is 15.7. The summed E-state index contributed by atoms with van der Waals surface area (Å²) < 4.78 is 0. The van der Waals surface area contributed by atoms with Crippen LogP contribution in [0.25, 0.3) is 0 Å². The Balaban J connectivity index is 2.43. The molecule has 0 aliphatic rings. The maximum absolute atomic E-state index is 11.9. The van der Waals surface area contributed by atoms with E-state index in [1.165, 1.54) is 12.5 Å². The van der Waals surface area contributed by atoms with Crippen molar-refractivity contribution < 1.29 is 4.79 Å². The highest BCUT2D eigenvalue weighted by molar-refractivity contribution is 6.29. The van der Waals surface area contributed by atoms with E-state index in [1.54, 1.807) is 6.07 Å². The third-order valence-corrected chi connectivity index (χ3v) is 2.89. The number of nitrogens with two attached hydrogens (primary N) is 1. The van der Waals surface area contributed by atoms with Gasteiger partial charge >= 0.3 is 0 Å². The summed E-state index contributed by atoms with van der Waals surface area (Å²) in [4.78, 5) is 15.8. The highest BCUT2D eigenvalue weighted by Crippen LogP contribution is 2.13. The first-order valence-electron chi connectivity index (χ1n) is 6.45. The quantitative estimate of drug-likeness (QED) is 0.311. The van der Waals surface area contributed by atoms with Gasteiger partial charge in [0.05, 0.1) is 0 Å². The number of nitrogens with zero attached hydrogens (tertiary/aromatic N) is 1. The van der Waals surface area contributed by atoms with Gasteiger partial charge in [0.25, 0.3) is 5.91 Å². The van der Waals surface area contributed by atoms with Gasteiger partial charge in [-0.1, -0.05) is 38.3 Å². The first-order chi connectivity index (χ1) is 9.02. The number of anilines is 1. The molecule has 0 unspecified atom stereocenters. The van der Waals surface area contributed by atoms with E-state index in [2.05, 4.69) is 29.6 Å². The van der Waals surface area contributed by atoms with Crippen molar-refractivity contribution in [3.63, 3.8) is 0 Å². The molecule has 1 heterocycles. The summed E-state index contributed by atoms with van der Waals surface area (Å²) in [5.41, 5.74) is 2.83. The molecular formula is C13H21ClN4O. The summed E-state index contributed by atoms with van der Waals surface area (Å²) in [7, 11) is 0. The lowest BCUT2D eigenvalue weighted by Crippen LogP contribution is -2.25. The van der Waals surface area contributed by atoms with E-state index in [4.69, 9.17) is 17.4 Å². The average molecular weight is 285 g/mol. The second kappa shape index (κ2) is 7.96. The number of amides is 1. The van der Waals surface area contributed by atoms with Gasteiger partial charge in [-0.05, 0) is 24.5 Å². The zero-order chi connectivity index (χ0) is 14.3. The van der Waals surface area contributed by atoms with Crippen molar-refractivity contribution in [3.8, 4) is 0 Å². The van der Waals surface area contributed by atoms with E-state index in [0.717, 1.165) is 12.8 Å². The van der Waals surface area contributed by atoms with Crippen LogP contribution < -0.4 is 16.6 Å². The Kier molecular flexibility index (Phi) is 6.59. The van der Waals surface area contributed by atoms with E-state index in [-0.39, 0.29) is 11.1 Å². The van der Waals surface area contributed by atoms with Crippen LogP contribution in [0.2, 0.25) is 5.15 Å². The molecule has 0 bridgehead atoms. The van der Waals surface area contributed by atoms with E-state index in [0.29, 0.717) is 23.8 Å². The van der Waals surface area contributed by atoms with Gasteiger partial charge in [-0.3, -0.25) is 4.79 Å². The van der Waals surface area contributed by atoms with Gasteiger partial charge in [0.1, 0.15) is 11.0 Å². The van der Waals surface area contributed by atoms with Crippen LogP contribution in [0.1, 0.15) is 43.5 Å². The second-order valence-electron chi connectivity index (χ2n) is 4.85. The Hall–Kier alpha value is -1.33. The van der Waals surface area contributed by atoms with Gasteiger partial charge in [-0.2, -0.15) is 0 Å². The number of aromatic nitrogens is 1. The van der Waals surface area contributed by atoms with Crippen LogP contribution in [0.5, 0.6) is 0 Å². The molecule has 0 aliphatic heterocycles. The topological polar surface area (TPSA) is 80.0 Å². The van der Waals surface area contributed by atoms with Crippen molar-refractivity contribution in [1.82, 2.24) is 10.3 Å². The number of hydrazine groups is 1. The molecule has 6 heteroatoms. The van der Waals surface area contributed by atoms with Crippen LogP contribution >= 0.6 is 11.6 Å². The fourth-order valence-corrected chi connectivity index (χ4v) is 1.89. The highest BCUT2D eigenvalue weighted by atomic mass is 35.5. The Morgan fingerprint density at radius 2 is 2.16 bits per heavy atom. The predicted molar refractivity (Wildman–Crippen MR) is 78.1 cm³/mol. The van der Waals surface area contributed by atoms with Gasteiger partial charge < -0.3 is 10.7 Å². The second-order valence-corrected chi connectivity index (χ2v) is 5.24. The van der Waals surface area contributed by atoms with E-state index in [9.17, 15) is 4.79 Å². The highest BCUT2D eigenvalue weighted by Gasteiger charge is 2.08. The van der Waals surface area contributed by atoms with E-state index >= 15 is 0 Å². The minimum Gasteiger partial charge on any atom is -0.352 e. The molecule has 19 heavy (non-hydrogen) atoms. The number of unbranched alkanes of at least 4 members (excludes halogenated alkanes) is 1. The molecule has 0 aliphatic carbocycles. The van der Waals surface area contributed by atoms with E-state index in [1.807, 2.05) is 0 Å². The molecule has 5 nitrogen and oxygen atoms in total. The zero-order valence-corrected chi connectivity index (χ0v) is 12.1. The van der Waals surface area contributed by atoms with Gasteiger partial charge in [-0.15, -0.1) is 0 Å². The third kappa shape index (κ3) is 5.89. The molecule has 4 N–H and O–H groups in total. The number of carbonyl (C=O) groups excluding carboxylic acids is 1. The summed E-state index contributed by atoms with van der Waals surface area (Å²) in [5.74, 6) is 6.17. The number of hydrogen-bond acceptors (Lipinski definition) is 4. The van der Waals surface area contributed by atoms with Crippen molar-refractivity contribution in [2.24, 2.45) is 11.8 Å². The number of nitrogens with one attached hydrogen (secondary N) is 2. The molecule has 1 rings (SSSR count). The molecule has 0 atom stereocenters. The smallest absolute Gasteiger partial charge is 0.251 e. The van der Waals surface area contributed by atoms with Crippen LogP contribution in [-0.4, -0.2) is 17.4 Å². The van der Waals surface area contributed by atoms with Crippen molar-refractivity contribution >= 4 is 23.3 Å². The molecule has 0 saturated carbocycles. The molecule has 1 amide bonds. The number of hydrogen-bond donors (Lipinski definition) is 3. The Morgan fingerprint density at radius 3 is 2.79 bits per heavy atom. The van der Waals surface area contributed by atoms with Crippen molar-refractivity contribution in [1.29, 1.82) is 0 Å². The fraction of sp³-hybridized carbons (Fsp3) is 0.538. The average Bonchev–Trinajstić information content (AvgIpc) is 2.36. The molecule has 1 aromatic rings. The largest absolute Gasteiger partial charge is 0.352 e. The van der Waals surface area contributed by atoms with Gasteiger partial charge in [0.15, 0.2) is 0 Å². The van der Waals surface area contributed by atoms with E-state index < -0.39 is 0 Å². The van der Waals surface area contributed by atoms with Gasteiger partial charge in [0.2, 0.25) is 0 Å². The minimum absolute atomic E-state index is 0.162. The molecule has 0 fully saturated rings. The molecule has 106 valence electrons. The predicted octanol–water partition coefficient (Wildman–Crippen LogP) is 2.58. The molecule has 1 aromatic heterocycles. The fourth-order valence-electron chi connectivity index (χ4n) is 1.68. The van der Waals surface area contributed by atoms with Crippen LogP contribution in [0, 0.1) is 5.92 Å². The standard InChI is InChI=1S/C13H21ClN4O/c1-9(2)5-3-4-6-16-13(19)10-7-11(14)17-12(8-10)18-15/h7-9H,3-6,15H2,1-2H3,(H,16,19)(H,17,18). The summed E-state index contributed by atoms with van der Waals surface area (Å²) in [6, 6.07) is 3.08. The lowest BCUT2D eigenvalue weighted by Gasteiger charge is -2.08. The Labute approximate surface area is 118 Å². The van der Waals surface area contributed by atoms with Crippen molar-refractivity contribution in [2.45, 2.75) is 33.1 Å². The summed E-state index contributed by atoms with van der Waals surface area (Å²) in [6.07, 6.45) is 3.27. The number of carbonyl (C=O) groups is 1. The molecule has 0 radical (unpaired) electrons. The third-order valence-electron chi connectivity index (χ3n) is 2.70. The summed E-state index contributed by atoms with van der Waals surface area (Å²) in [5, 5.41) is 3.09. The summed E-state index contributed by atoms with van der Waals surface area (Å²) >= 11 is 5.80. The van der Waals surface area contributed by atoms with Gasteiger partial charge in [0, 0.05) is 12.1 Å². The number of nitrogen functional groups attached to an aromatic ring is 1. The zero-order valence-electron chi connectivity index (χ0n) is 11.4. The normalized spacial score (nSPS) is 10.6. The lowest BCUT2D eigenvalue weighted by atomic mass is 10.1. The van der Waals surface area contributed by atoms with Gasteiger partial charge in [-0.25, -0.2) is 10.8 Å². The molecular weight excluding hydrogens is 264 g/mol. The lowest BCUT2D eigenvalue weighted by molar-refractivity contribution is 0.0953. The molecule has 0 saturated heterocycles.